The van der Waals surface area contributed by atoms with Crippen LogP contribution in [0, 0.1) is 12.3 Å². The van der Waals surface area contributed by atoms with Gasteiger partial charge in [-0.05, 0) is 38.3 Å². The molecule has 1 saturated heterocycles. The smallest absolute Gasteiger partial charge is 0.233 e. The van der Waals surface area contributed by atoms with Gasteiger partial charge >= 0.3 is 0 Å². The molecule has 6 nitrogen and oxygen atoms in total. The summed E-state index contributed by atoms with van der Waals surface area (Å²) in [6.45, 7) is 3.97. The van der Waals surface area contributed by atoms with Crippen molar-refractivity contribution in [2.75, 3.05) is 32.1 Å². The van der Waals surface area contributed by atoms with Gasteiger partial charge in [-0.2, -0.15) is 0 Å². The maximum atomic E-state index is 12.5. The highest BCUT2D eigenvalue weighted by molar-refractivity contribution is 8.01. The van der Waals surface area contributed by atoms with Crippen LogP contribution >= 0.6 is 23.1 Å². The Morgan fingerprint density at radius 2 is 2.04 bits per heavy atom. The summed E-state index contributed by atoms with van der Waals surface area (Å²) in [6, 6.07) is 9.72. The Balaban J connectivity index is 1.43. The zero-order valence-corrected chi connectivity index (χ0v) is 17.1. The van der Waals surface area contributed by atoms with Crippen molar-refractivity contribution in [3.05, 3.63) is 35.3 Å². The first-order valence-corrected chi connectivity index (χ1v) is 10.9. The van der Waals surface area contributed by atoms with Gasteiger partial charge in [0.05, 0.1) is 12.4 Å². The molecule has 3 rings (SSSR count). The number of aliphatic hydroxyl groups is 1. The fraction of sp³-hybridized carbons (Fsp3) is 0.526. The van der Waals surface area contributed by atoms with Crippen molar-refractivity contribution in [2.45, 2.75) is 30.5 Å². The van der Waals surface area contributed by atoms with Crippen LogP contribution in [-0.2, 0) is 4.79 Å². The minimum absolute atomic E-state index is 0.125. The van der Waals surface area contributed by atoms with E-state index in [-0.39, 0.29) is 17.9 Å². The van der Waals surface area contributed by atoms with E-state index in [1.54, 1.807) is 0 Å². The molecule has 146 valence electrons. The molecule has 0 spiro atoms. The standard InChI is InChI=1S/C19H25N3O3S2/c1-15-20-21-18(27-15)26-13-17(24)22-10-7-19(14-23,8-11-22)9-12-25-16-5-3-2-4-6-16/h2-6,23H,7-14H2,1H3. The Labute approximate surface area is 167 Å². The number of thioether (sulfide) groups is 1. The lowest BCUT2D eigenvalue weighted by molar-refractivity contribution is -0.131. The average Bonchev–Trinajstić information content (AvgIpc) is 3.12. The molecule has 1 aromatic heterocycles. The maximum Gasteiger partial charge on any atom is 0.233 e. The topological polar surface area (TPSA) is 75.6 Å². The number of benzene rings is 1. The van der Waals surface area contributed by atoms with Gasteiger partial charge in [0.15, 0.2) is 4.34 Å². The van der Waals surface area contributed by atoms with Crippen LogP contribution in [0.25, 0.3) is 0 Å². The quantitative estimate of drug-likeness (QED) is 0.678. The number of ether oxygens (including phenoxy) is 1. The molecule has 27 heavy (non-hydrogen) atoms. The van der Waals surface area contributed by atoms with E-state index < -0.39 is 0 Å². The molecular weight excluding hydrogens is 382 g/mol. The molecule has 1 aliphatic heterocycles. The molecule has 8 heteroatoms. The SMILES string of the molecule is Cc1nnc(SCC(=O)N2CCC(CO)(CCOc3ccccc3)CC2)s1. The van der Waals surface area contributed by atoms with Crippen LogP contribution in [0.5, 0.6) is 5.75 Å². The predicted octanol–water partition coefficient (Wildman–Crippen LogP) is 3.01. The summed E-state index contributed by atoms with van der Waals surface area (Å²) in [5.41, 5.74) is -0.158. The zero-order valence-electron chi connectivity index (χ0n) is 15.5. The predicted molar refractivity (Wildman–Crippen MR) is 107 cm³/mol. The van der Waals surface area contributed by atoms with Gasteiger partial charge in [0.25, 0.3) is 0 Å². The van der Waals surface area contributed by atoms with Crippen molar-refractivity contribution in [1.29, 1.82) is 0 Å². The van der Waals surface area contributed by atoms with E-state index in [9.17, 15) is 9.90 Å². The maximum absolute atomic E-state index is 12.5. The molecule has 0 radical (unpaired) electrons. The molecular formula is C19H25N3O3S2. The summed E-state index contributed by atoms with van der Waals surface area (Å²) in [6.07, 6.45) is 2.39. The second kappa shape index (κ2) is 9.52. The molecule has 1 fully saturated rings. The van der Waals surface area contributed by atoms with Gasteiger partial charge in [-0.3, -0.25) is 4.79 Å². The number of carbonyl (C=O) groups is 1. The Kier molecular flexibility index (Phi) is 7.09. The van der Waals surface area contributed by atoms with Gasteiger partial charge in [-0.25, -0.2) is 0 Å². The minimum Gasteiger partial charge on any atom is -0.494 e. The lowest BCUT2D eigenvalue weighted by atomic mass is 9.76. The van der Waals surface area contributed by atoms with Gasteiger partial charge in [-0.15, -0.1) is 10.2 Å². The minimum atomic E-state index is -0.158. The van der Waals surface area contributed by atoms with Crippen LogP contribution in [0.2, 0.25) is 0 Å². The molecule has 1 aromatic carbocycles. The third-order valence-electron chi connectivity index (χ3n) is 4.98. The monoisotopic (exact) mass is 407 g/mol. The van der Waals surface area contributed by atoms with Crippen LogP contribution in [0.15, 0.2) is 34.7 Å². The normalized spacial score (nSPS) is 16.3. The van der Waals surface area contributed by atoms with Crippen LogP contribution in [-0.4, -0.2) is 58.2 Å². The summed E-state index contributed by atoms with van der Waals surface area (Å²) >= 11 is 2.95. The van der Waals surface area contributed by atoms with E-state index in [1.165, 1.54) is 23.1 Å². The molecule has 0 aliphatic carbocycles. The van der Waals surface area contributed by atoms with E-state index in [1.807, 2.05) is 42.2 Å². The van der Waals surface area contributed by atoms with E-state index in [0.717, 1.165) is 34.4 Å². The highest BCUT2D eigenvalue weighted by Crippen LogP contribution is 2.35. The van der Waals surface area contributed by atoms with Crippen LogP contribution in [0.4, 0.5) is 0 Å². The lowest BCUT2D eigenvalue weighted by Gasteiger charge is -2.40. The first kappa shape index (κ1) is 20.1. The van der Waals surface area contributed by atoms with Crippen molar-refractivity contribution in [3.63, 3.8) is 0 Å². The van der Waals surface area contributed by atoms with Crippen LogP contribution < -0.4 is 4.74 Å². The van der Waals surface area contributed by atoms with E-state index in [4.69, 9.17) is 4.74 Å². The van der Waals surface area contributed by atoms with Crippen molar-refractivity contribution < 1.29 is 14.6 Å². The molecule has 1 amide bonds. The number of aryl methyl sites for hydroxylation is 1. The molecule has 0 bridgehead atoms. The fourth-order valence-corrected chi connectivity index (χ4v) is 4.89. The van der Waals surface area contributed by atoms with E-state index in [2.05, 4.69) is 10.2 Å². The van der Waals surface area contributed by atoms with Gasteiger partial charge < -0.3 is 14.7 Å². The van der Waals surface area contributed by atoms with Crippen molar-refractivity contribution in [1.82, 2.24) is 15.1 Å². The molecule has 0 unspecified atom stereocenters. The Morgan fingerprint density at radius 1 is 1.30 bits per heavy atom. The highest BCUT2D eigenvalue weighted by atomic mass is 32.2. The summed E-state index contributed by atoms with van der Waals surface area (Å²) in [5, 5.41) is 18.9. The second-order valence-electron chi connectivity index (χ2n) is 6.83. The summed E-state index contributed by atoms with van der Waals surface area (Å²) in [5.74, 6) is 1.36. The number of carbonyl (C=O) groups excluding carboxylic acids is 1. The van der Waals surface area contributed by atoms with E-state index in [0.29, 0.717) is 25.4 Å². The van der Waals surface area contributed by atoms with Gasteiger partial charge in [0.1, 0.15) is 10.8 Å². The third-order valence-corrected chi connectivity index (χ3v) is 6.94. The summed E-state index contributed by atoms with van der Waals surface area (Å²) < 4.78 is 6.63. The molecule has 0 atom stereocenters. The number of likely N-dealkylation sites (tertiary alicyclic amines) is 1. The van der Waals surface area contributed by atoms with Gasteiger partial charge in [-0.1, -0.05) is 41.3 Å². The van der Waals surface area contributed by atoms with Crippen molar-refractivity contribution in [3.8, 4) is 5.75 Å². The number of hydrogen-bond donors (Lipinski definition) is 1. The summed E-state index contributed by atoms with van der Waals surface area (Å²) in [7, 11) is 0. The number of aromatic nitrogens is 2. The lowest BCUT2D eigenvalue weighted by Crippen LogP contribution is -2.45. The van der Waals surface area contributed by atoms with Crippen LogP contribution in [0.3, 0.4) is 0 Å². The first-order valence-electron chi connectivity index (χ1n) is 9.10. The molecule has 2 aromatic rings. The number of piperidine rings is 1. The number of aliphatic hydroxyl groups excluding tert-OH is 1. The Morgan fingerprint density at radius 3 is 2.67 bits per heavy atom. The first-order chi connectivity index (χ1) is 13.1. The fourth-order valence-electron chi connectivity index (χ4n) is 3.17. The van der Waals surface area contributed by atoms with E-state index >= 15 is 0 Å². The largest absolute Gasteiger partial charge is 0.494 e. The van der Waals surface area contributed by atoms with Gasteiger partial charge in [0.2, 0.25) is 5.91 Å². The zero-order chi connectivity index (χ0) is 19.1. The highest BCUT2D eigenvalue weighted by Gasteiger charge is 2.35. The number of para-hydroxylation sites is 1. The molecule has 1 aliphatic rings. The van der Waals surface area contributed by atoms with Crippen molar-refractivity contribution in [2.24, 2.45) is 5.41 Å². The van der Waals surface area contributed by atoms with Crippen LogP contribution in [0.1, 0.15) is 24.3 Å². The number of hydrogen-bond acceptors (Lipinski definition) is 7. The molecule has 0 saturated carbocycles. The molecule has 2 heterocycles. The van der Waals surface area contributed by atoms with Gasteiger partial charge in [0, 0.05) is 25.1 Å². The molecule has 1 N–H and O–H groups in total. The van der Waals surface area contributed by atoms with Crippen molar-refractivity contribution >= 4 is 29.0 Å². The Bertz CT molecular complexity index is 731. The second-order valence-corrected chi connectivity index (χ2v) is 9.23. The number of amides is 1. The summed E-state index contributed by atoms with van der Waals surface area (Å²) in [4.78, 5) is 14.3. The Hall–Kier alpha value is -1.64. The third kappa shape index (κ3) is 5.67. The average molecular weight is 408 g/mol. The number of rotatable bonds is 8. The number of nitrogens with zero attached hydrogens (tertiary/aromatic N) is 3.